The Morgan fingerprint density at radius 3 is 2.52 bits per heavy atom. The zero-order valence-electron chi connectivity index (χ0n) is 15.7. The van der Waals surface area contributed by atoms with E-state index in [9.17, 15) is 9.59 Å². The number of anilines is 2. The van der Waals surface area contributed by atoms with Gasteiger partial charge in [-0.2, -0.15) is 12.6 Å². The summed E-state index contributed by atoms with van der Waals surface area (Å²) in [5, 5.41) is 14.7. The molecule has 3 aromatic rings. The highest BCUT2D eigenvalue weighted by molar-refractivity contribution is 7.80. The van der Waals surface area contributed by atoms with E-state index in [-0.39, 0.29) is 5.75 Å². The van der Waals surface area contributed by atoms with Gasteiger partial charge in [-0.1, -0.05) is 36.4 Å². The van der Waals surface area contributed by atoms with Crippen molar-refractivity contribution in [1.82, 2.24) is 15.3 Å². The fourth-order valence-electron chi connectivity index (χ4n) is 2.70. The maximum Gasteiger partial charge on any atom is 0.327 e. The number of benzene rings is 2. The minimum atomic E-state index is -1.13. The first-order chi connectivity index (χ1) is 14.0. The van der Waals surface area contributed by atoms with Crippen LogP contribution >= 0.6 is 12.6 Å². The van der Waals surface area contributed by atoms with Gasteiger partial charge in [0.25, 0.3) is 5.91 Å². The van der Waals surface area contributed by atoms with Gasteiger partial charge in [-0.25, -0.2) is 14.8 Å². The van der Waals surface area contributed by atoms with Crippen molar-refractivity contribution in [2.75, 3.05) is 11.1 Å². The number of aryl methyl sites for hydroxylation is 1. The third-order valence-corrected chi connectivity index (χ3v) is 4.46. The molecule has 0 aliphatic rings. The van der Waals surface area contributed by atoms with E-state index in [4.69, 9.17) is 5.11 Å². The van der Waals surface area contributed by atoms with E-state index in [0.717, 1.165) is 11.3 Å². The Kier molecular flexibility index (Phi) is 6.46. The van der Waals surface area contributed by atoms with Crippen LogP contribution in [-0.4, -0.2) is 38.7 Å². The van der Waals surface area contributed by atoms with Crippen LogP contribution in [0.25, 0.3) is 11.3 Å². The average Bonchev–Trinajstić information content (AvgIpc) is 2.72. The summed E-state index contributed by atoms with van der Waals surface area (Å²) >= 11 is 3.96. The van der Waals surface area contributed by atoms with Crippen molar-refractivity contribution in [1.29, 1.82) is 0 Å². The molecule has 0 spiro atoms. The SMILES string of the molecule is Cc1nc(Nc2cccc(C(=O)NC(CS)C(=O)O)c2)cc(-c2ccccc2)n1. The topological polar surface area (TPSA) is 104 Å². The smallest absolute Gasteiger partial charge is 0.327 e. The summed E-state index contributed by atoms with van der Waals surface area (Å²) in [6.45, 7) is 1.81. The number of nitrogens with one attached hydrogen (secondary N) is 2. The molecule has 7 nitrogen and oxygen atoms in total. The summed E-state index contributed by atoms with van der Waals surface area (Å²) in [7, 11) is 0. The highest BCUT2D eigenvalue weighted by Gasteiger charge is 2.19. The summed E-state index contributed by atoms with van der Waals surface area (Å²) in [5.74, 6) is -0.415. The number of aromatic nitrogens is 2. The molecule has 1 atom stereocenters. The van der Waals surface area contributed by atoms with Gasteiger partial charge in [0.2, 0.25) is 0 Å². The normalized spacial score (nSPS) is 11.5. The van der Waals surface area contributed by atoms with Gasteiger partial charge < -0.3 is 15.7 Å². The number of hydrogen-bond acceptors (Lipinski definition) is 6. The van der Waals surface area contributed by atoms with E-state index in [1.165, 1.54) is 0 Å². The van der Waals surface area contributed by atoms with Crippen LogP contribution in [0.15, 0.2) is 60.7 Å². The van der Waals surface area contributed by atoms with Gasteiger partial charge in [0.15, 0.2) is 0 Å². The molecule has 148 valence electrons. The van der Waals surface area contributed by atoms with Crippen LogP contribution in [0, 0.1) is 6.92 Å². The summed E-state index contributed by atoms with van der Waals surface area (Å²) in [6.07, 6.45) is 0. The minimum absolute atomic E-state index is 0.00148. The highest BCUT2D eigenvalue weighted by atomic mass is 32.1. The Hall–Kier alpha value is -3.39. The zero-order chi connectivity index (χ0) is 20.8. The van der Waals surface area contributed by atoms with Crippen LogP contribution in [0.1, 0.15) is 16.2 Å². The number of aliphatic carboxylic acids is 1. The standard InChI is InChI=1S/C21H20N4O3S/c1-13-22-17(14-6-3-2-4-7-14)11-19(23-13)24-16-9-5-8-15(10-16)20(26)25-18(12-29)21(27)28/h2-11,18,29H,12H2,1H3,(H,25,26)(H,27,28)(H,22,23,24). The number of amides is 1. The number of carbonyl (C=O) groups excluding carboxylic acids is 1. The molecular weight excluding hydrogens is 388 g/mol. The molecule has 2 aromatic carbocycles. The van der Waals surface area contributed by atoms with Gasteiger partial charge in [0.1, 0.15) is 17.7 Å². The lowest BCUT2D eigenvalue weighted by atomic mass is 10.1. The number of carboxylic acid groups (broad SMARTS) is 1. The molecule has 1 heterocycles. The second kappa shape index (κ2) is 9.20. The molecule has 0 aliphatic heterocycles. The van der Waals surface area contributed by atoms with E-state index >= 15 is 0 Å². The number of carboxylic acids is 1. The molecule has 0 aliphatic carbocycles. The van der Waals surface area contributed by atoms with Crippen molar-refractivity contribution in [3.05, 3.63) is 72.1 Å². The lowest BCUT2D eigenvalue weighted by Gasteiger charge is -2.13. The molecule has 1 amide bonds. The second-order valence-corrected chi connectivity index (χ2v) is 6.67. The average molecular weight is 408 g/mol. The molecule has 0 fully saturated rings. The highest BCUT2D eigenvalue weighted by Crippen LogP contribution is 2.22. The van der Waals surface area contributed by atoms with Crippen LogP contribution in [0.5, 0.6) is 0 Å². The first-order valence-corrected chi connectivity index (χ1v) is 9.52. The van der Waals surface area contributed by atoms with Crippen molar-refractivity contribution >= 4 is 36.0 Å². The van der Waals surface area contributed by atoms with Crippen LogP contribution in [-0.2, 0) is 4.79 Å². The first kappa shape index (κ1) is 20.3. The maximum absolute atomic E-state index is 12.4. The summed E-state index contributed by atoms with van der Waals surface area (Å²) in [4.78, 5) is 32.3. The molecular formula is C21H20N4O3S. The molecule has 0 bridgehead atoms. The van der Waals surface area contributed by atoms with Gasteiger partial charge in [-0.05, 0) is 25.1 Å². The van der Waals surface area contributed by atoms with E-state index in [2.05, 4.69) is 33.2 Å². The molecule has 1 unspecified atom stereocenters. The van der Waals surface area contributed by atoms with E-state index in [1.54, 1.807) is 24.3 Å². The summed E-state index contributed by atoms with van der Waals surface area (Å²) in [6, 6.07) is 17.3. The molecule has 29 heavy (non-hydrogen) atoms. The van der Waals surface area contributed by atoms with Crippen LogP contribution < -0.4 is 10.6 Å². The molecule has 1 aromatic heterocycles. The number of carbonyl (C=O) groups is 2. The van der Waals surface area contributed by atoms with Crippen molar-refractivity contribution < 1.29 is 14.7 Å². The third-order valence-electron chi connectivity index (χ3n) is 4.09. The van der Waals surface area contributed by atoms with Gasteiger partial charge in [-0.15, -0.1) is 0 Å². The van der Waals surface area contributed by atoms with Crippen molar-refractivity contribution in [2.24, 2.45) is 0 Å². The minimum Gasteiger partial charge on any atom is -0.480 e. The number of thiol groups is 1. The van der Waals surface area contributed by atoms with E-state index in [1.807, 2.05) is 43.3 Å². The van der Waals surface area contributed by atoms with Gasteiger partial charge in [-0.3, -0.25) is 4.79 Å². The number of rotatable bonds is 7. The Bertz CT molecular complexity index is 1030. The molecule has 3 rings (SSSR count). The quantitative estimate of drug-likeness (QED) is 0.447. The zero-order valence-corrected chi connectivity index (χ0v) is 16.6. The molecule has 8 heteroatoms. The second-order valence-electron chi connectivity index (χ2n) is 6.30. The van der Waals surface area contributed by atoms with Crippen LogP contribution in [0.3, 0.4) is 0 Å². The van der Waals surface area contributed by atoms with E-state index < -0.39 is 17.9 Å². The third kappa shape index (κ3) is 5.32. The van der Waals surface area contributed by atoms with Gasteiger partial charge in [0, 0.05) is 28.6 Å². The molecule has 3 N–H and O–H groups in total. The van der Waals surface area contributed by atoms with E-state index in [0.29, 0.717) is 22.9 Å². The fourth-order valence-corrected chi connectivity index (χ4v) is 2.95. The lowest BCUT2D eigenvalue weighted by Crippen LogP contribution is -2.42. The molecule has 0 saturated heterocycles. The first-order valence-electron chi connectivity index (χ1n) is 8.89. The van der Waals surface area contributed by atoms with Crippen molar-refractivity contribution in [3.8, 4) is 11.3 Å². The van der Waals surface area contributed by atoms with Gasteiger partial charge >= 0.3 is 5.97 Å². The molecule has 0 saturated carbocycles. The predicted octanol–water partition coefficient (Wildman–Crippen LogP) is 3.31. The summed E-state index contributed by atoms with van der Waals surface area (Å²) in [5.41, 5.74) is 2.73. The summed E-state index contributed by atoms with van der Waals surface area (Å²) < 4.78 is 0. The monoisotopic (exact) mass is 408 g/mol. The Morgan fingerprint density at radius 1 is 1.07 bits per heavy atom. The largest absolute Gasteiger partial charge is 0.480 e. The maximum atomic E-state index is 12.4. The Labute approximate surface area is 173 Å². The fraction of sp³-hybridized carbons (Fsp3) is 0.143. The Morgan fingerprint density at radius 2 is 1.83 bits per heavy atom. The predicted molar refractivity (Wildman–Crippen MR) is 115 cm³/mol. The lowest BCUT2D eigenvalue weighted by molar-refractivity contribution is -0.138. The molecule has 0 radical (unpaired) electrons. The Balaban J connectivity index is 1.81. The van der Waals surface area contributed by atoms with Crippen molar-refractivity contribution in [2.45, 2.75) is 13.0 Å². The van der Waals surface area contributed by atoms with Gasteiger partial charge in [0.05, 0.1) is 5.69 Å². The van der Waals surface area contributed by atoms with Crippen molar-refractivity contribution in [3.63, 3.8) is 0 Å². The van der Waals surface area contributed by atoms with Crippen LogP contribution in [0.2, 0.25) is 0 Å². The number of nitrogens with zero attached hydrogens (tertiary/aromatic N) is 2. The number of hydrogen-bond donors (Lipinski definition) is 4. The van der Waals surface area contributed by atoms with Crippen LogP contribution in [0.4, 0.5) is 11.5 Å².